The first-order valence-electron chi connectivity index (χ1n) is 9.87. The van der Waals surface area contributed by atoms with Crippen LogP contribution in [0.4, 0.5) is 5.13 Å². The number of carbonyl (C=O) groups is 1. The second-order valence-corrected chi connectivity index (χ2v) is 7.85. The van der Waals surface area contributed by atoms with Gasteiger partial charge in [-0.15, -0.1) is 12.4 Å². The maximum absolute atomic E-state index is 13.4. The number of amides is 1. The van der Waals surface area contributed by atoms with Crippen LogP contribution in [-0.4, -0.2) is 48.8 Å². The van der Waals surface area contributed by atoms with E-state index in [4.69, 9.17) is 19.7 Å². The molecule has 1 aromatic heterocycles. The van der Waals surface area contributed by atoms with Crippen molar-refractivity contribution < 1.29 is 14.3 Å². The summed E-state index contributed by atoms with van der Waals surface area (Å²) in [5.74, 6) is 1.24. The first-order chi connectivity index (χ1) is 14.6. The first-order valence-corrected chi connectivity index (χ1v) is 10.7. The third kappa shape index (κ3) is 4.74. The predicted octanol–water partition coefficient (Wildman–Crippen LogP) is 4.31. The fourth-order valence-corrected chi connectivity index (χ4v) is 4.33. The molecule has 9 heteroatoms. The zero-order valence-electron chi connectivity index (χ0n) is 17.3. The second kappa shape index (κ2) is 9.96. The number of carbonyl (C=O) groups excluding carboxylic acids is 1. The minimum Gasteiger partial charge on any atom is -0.454 e. The van der Waals surface area contributed by atoms with Gasteiger partial charge in [-0.05, 0) is 37.4 Å². The van der Waals surface area contributed by atoms with Crippen LogP contribution in [0.2, 0.25) is 0 Å². The van der Waals surface area contributed by atoms with E-state index in [1.165, 1.54) is 11.3 Å². The van der Waals surface area contributed by atoms with Crippen LogP contribution >= 0.6 is 23.7 Å². The molecule has 0 N–H and O–H groups in total. The van der Waals surface area contributed by atoms with E-state index in [2.05, 4.69) is 24.8 Å². The summed E-state index contributed by atoms with van der Waals surface area (Å²) in [7, 11) is 0. The Morgan fingerprint density at radius 3 is 2.45 bits per heavy atom. The van der Waals surface area contributed by atoms with Crippen LogP contribution in [0.15, 0.2) is 36.4 Å². The molecule has 0 spiro atoms. The fraction of sp³-hybridized carbons (Fsp3) is 0.318. The number of hydrogen-bond acceptors (Lipinski definition) is 7. The maximum Gasteiger partial charge on any atom is 0.260 e. The quantitative estimate of drug-likeness (QED) is 0.525. The molecule has 2 aromatic carbocycles. The molecule has 2 heterocycles. The van der Waals surface area contributed by atoms with E-state index in [0.717, 1.165) is 29.9 Å². The van der Waals surface area contributed by atoms with Gasteiger partial charge in [0.25, 0.3) is 5.91 Å². The Hall–Kier alpha value is -2.86. The molecule has 0 fully saturated rings. The molecule has 31 heavy (non-hydrogen) atoms. The number of rotatable bonds is 7. The van der Waals surface area contributed by atoms with E-state index in [0.29, 0.717) is 34.3 Å². The van der Waals surface area contributed by atoms with Gasteiger partial charge >= 0.3 is 0 Å². The van der Waals surface area contributed by atoms with Crippen molar-refractivity contribution in [2.24, 2.45) is 0 Å². The lowest BCUT2D eigenvalue weighted by Gasteiger charge is -2.24. The number of halogens is 1. The Balaban J connectivity index is 0.00000272. The van der Waals surface area contributed by atoms with Gasteiger partial charge in [0.05, 0.1) is 21.8 Å². The molecule has 0 saturated carbocycles. The molecule has 0 bridgehead atoms. The summed E-state index contributed by atoms with van der Waals surface area (Å²) in [6.45, 7) is 7.52. The minimum absolute atomic E-state index is 0. The number of ether oxygens (including phenoxy) is 2. The number of benzene rings is 2. The molecular weight excluding hydrogens is 436 g/mol. The number of thiazole rings is 1. The number of aromatic nitrogens is 1. The Morgan fingerprint density at radius 1 is 1.13 bits per heavy atom. The van der Waals surface area contributed by atoms with Crippen molar-refractivity contribution in [3.63, 3.8) is 0 Å². The Kier molecular flexibility index (Phi) is 7.33. The van der Waals surface area contributed by atoms with Gasteiger partial charge in [0.2, 0.25) is 6.79 Å². The summed E-state index contributed by atoms with van der Waals surface area (Å²) in [6, 6.07) is 12.5. The molecule has 3 aromatic rings. The highest BCUT2D eigenvalue weighted by Crippen LogP contribution is 2.40. The summed E-state index contributed by atoms with van der Waals surface area (Å²) < 4.78 is 11.9. The molecule has 0 atom stereocenters. The van der Waals surface area contributed by atoms with Gasteiger partial charge in [-0.2, -0.15) is 5.26 Å². The lowest BCUT2D eigenvalue weighted by molar-refractivity contribution is 0.0983. The van der Waals surface area contributed by atoms with Gasteiger partial charge in [-0.25, -0.2) is 4.98 Å². The van der Waals surface area contributed by atoms with Crippen molar-refractivity contribution in [1.29, 1.82) is 5.26 Å². The van der Waals surface area contributed by atoms with Crippen molar-refractivity contribution in [1.82, 2.24) is 9.88 Å². The average molecular weight is 459 g/mol. The topological polar surface area (TPSA) is 78.7 Å². The largest absolute Gasteiger partial charge is 0.454 e. The Morgan fingerprint density at radius 2 is 1.81 bits per heavy atom. The Bertz CT molecular complexity index is 1070. The van der Waals surface area contributed by atoms with Gasteiger partial charge in [-0.1, -0.05) is 25.2 Å². The van der Waals surface area contributed by atoms with Crippen LogP contribution < -0.4 is 14.4 Å². The fourth-order valence-electron chi connectivity index (χ4n) is 3.33. The van der Waals surface area contributed by atoms with Crippen molar-refractivity contribution in [2.45, 2.75) is 13.8 Å². The molecule has 0 unspecified atom stereocenters. The highest BCUT2D eigenvalue weighted by atomic mass is 35.5. The van der Waals surface area contributed by atoms with Crippen LogP contribution in [0.25, 0.3) is 10.2 Å². The number of hydrogen-bond donors (Lipinski definition) is 0. The third-order valence-electron chi connectivity index (χ3n) is 5.14. The zero-order valence-corrected chi connectivity index (χ0v) is 19.0. The van der Waals surface area contributed by atoms with E-state index in [9.17, 15) is 4.79 Å². The van der Waals surface area contributed by atoms with Crippen LogP contribution in [0.1, 0.15) is 29.8 Å². The van der Waals surface area contributed by atoms with E-state index < -0.39 is 0 Å². The lowest BCUT2D eigenvalue weighted by Crippen LogP contribution is -2.38. The average Bonchev–Trinajstić information content (AvgIpc) is 3.40. The lowest BCUT2D eigenvalue weighted by atomic mass is 10.1. The number of fused-ring (bicyclic) bond motifs is 2. The summed E-state index contributed by atoms with van der Waals surface area (Å²) in [4.78, 5) is 22.1. The zero-order chi connectivity index (χ0) is 21.1. The molecule has 0 saturated heterocycles. The highest BCUT2D eigenvalue weighted by Gasteiger charge is 2.23. The van der Waals surface area contributed by atoms with Gasteiger partial charge in [0, 0.05) is 30.8 Å². The van der Waals surface area contributed by atoms with E-state index in [1.54, 1.807) is 29.2 Å². The van der Waals surface area contributed by atoms with E-state index in [1.807, 2.05) is 12.1 Å². The number of likely N-dealkylation sites (N-methyl/N-ethyl adjacent to an activating group) is 1. The first kappa shape index (κ1) is 22.8. The molecular formula is C22H23ClN4O3S. The van der Waals surface area contributed by atoms with Crippen LogP contribution in [-0.2, 0) is 0 Å². The maximum atomic E-state index is 13.4. The second-order valence-electron chi connectivity index (χ2n) is 6.84. The smallest absolute Gasteiger partial charge is 0.260 e. The van der Waals surface area contributed by atoms with Gasteiger partial charge in [0.1, 0.15) is 0 Å². The Labute approximate surface area is 191 Å². The highest BCUT2D eigenvalue weighted by molar-refractivity contribution is 7.22. The summed E-state index contributed by atoms with van der Waals surface area (Å²) in [5, 5.41) is 9.66. The van der Waals surface area contributed by atoms with Crippen molar-refractivity contribution in [3.05, 3.63) is 47.5 Å². The molecule has 1 aliphatic rings. The molecule has 1 aliphatic heterocycles. The number of nitrogens with zero attached hydrogens (tertiary/aromatic N) is 4. The molecule has 0 aliphatic carbocycles. The molecule has 1 amide bonds. The van der Waals surface area contributed by atoms with Crippen LogP contribution in [0.5, 0.6) is 11.5 Å². The van der Waals surface area contributed by atoms with Crippen LogP contribution in [0, 0.1) is 11.3 Å². The van der Waals surface area contributed by atoms with Crippen molar-refractivity contribution >= 4 is 45.0 Å². The summed E-state index contributed by atoms with van der Waals surface area (Å²) in [5.41, 5.74) is 1.83. The van der Waals surface area contributed by atoms with E-state index >= 15 is 0 Å². The van der Waals surface area contributed by atoms with Gasteiger partial charge in [-0.3, -0.25) is 9.69 Å². The summed E-state index contributed by atoms with van der Waals surface area (Å²) >= 11 is 1.46. The molecule has 7 nitrogen and oxygen atoms in total. The normalized spacial score (nSPS) is 11.9. The number of nitriles is 1. The van der Waals surface area contributed by atoms with Gasteiger partial charge < -0.3 is 14.4 Å². The van der Waals surface area contributed by atoms with E-state index in [-0.39, 0.29) is 25.1 Å². The minimum atomic E-state index is -0.134. The van der Waals surface area contributed by atoms with Gasteiger partial charge in [0.15, 0.2) is 16.6 Å². The van der Waals surface area contributed by atoms with Crippen molar-refractivity contribution in [3.8, 4) is 17.6 Å². The van der Waals surface area contributed by atoms with Crippen molar-refractivity contribution in [2.75, 3.05) is 37.9 Å². The number of anilines is 1. The SMILES string of the molecule is CCN(CC)CCN(C(=O)c1ccc(C#N)cc1)c1nc2cc3c(cc2s1)OCO3.Cl. The third-order valence-corrected chi connectivity index (χ3v) is 6.18. The monoisotopic (exact) mass is 458 g/mol. The summed E-state index contributed by atoms with van der Waals surface area (Å²) in [6.07, 6.45) is 0. The molecule has 4 rings (SSSR count). The van der Waals surface area contributed by atoms with Crippen LogP contribution in [0.3, 0.4) is 0 Å². The molecule has 162 valence electrons. The predicted molar refractivity (Wildman–Crippen MR) is 124 cm³/mol. The molecule has 0 radical (unpaired) electrons. The standard InChI is InChI=1S/C22H22N4O3S.ClH/c1-3-25(4-2)9-10-26(21(27)16-7-5-15(13-23)6-8-16)22-24-17-11-18-19(29-14-28-18)12-20(17)30-22;/h5-8,11-12H,3-4,9-10,14H2,1-2H3;1H.